The molecule has 0 saturated carbocycles. The van der Waals surface area contributed by atoms with Crippen molar-refractivity contribution in [2.75, 3.05) is 0 Å². The summed E-state index contributed by atoms with van der Waals surface area (Å²) < 4.78 is 5.61. The summed E-state index contributed by atoms with van der Waals surface area (Å²) in [6.07, 6.45) is 2.90. The summed E-state index contributed by atoms with van der Waals surface area (Å²) in [6, 6.07) is 9.42. The molecule has 0 unspecified atom stereocenters. The van der Waals surface area contributed by atoms with Gasteiger partial charge in [-0.25, -0.2) is 15.0 Å². The first-order valence-electron chi connectivity index (χ1n) is 6.13. The zero-order valence-electron chi connectivity index (χ0n) is 10.5. The third kappa shape index (κ3) is 2.95. The molecule has 3 rings (SSSR count). The Morgan fingerprint density at radius 3 is 2.90 bits per heavy atom. The molecule has 4 nitrogen and oxygen atoms in total. The highest BCUT2D eigenvalue weighted by molar-refractivity contribution is 6.28. The quantitative estimate of drug-likeness (QED) is 0.535. The Morgan fingerprint density at radius 1 is 1.15 bits per heavy atom. The van der Waals surface area contributed by atoms with Crippen LogP contribution in [0.1, 0.15) is 18.0 Å². The van der Waals surface area contributed by atoms with Crippen LogP contribution in [0.15, 0.2) is 40.9 Å². The molecular formula is C15H10ClN3O. The third-order valence-corrected chi connectivity index (χ3v) is 2.83. The van der Waals surface area contributed by atoms with Gasteiger partial charge in [0.25, 0.3) is 0 Å². The van der Waals surface area contributed by atoms with Crippen LogP contribution >= 0.6 is 11.6 Å². The fourth-order valence-electron chi connectivity index (χ4n) is 1.75. The second-order valence-electron chi connectivity index (χ2n) is 4.09. The Labute approximate surface area is 120 Å². The van der Waals surface area contributed by atoms with E-state index in [1.807, 2.05) is 24.3 Å². The van der Waals surface area contributed by atoms with Crippen molar-refractivity contribution in [2.24, 2.45) is 0 Å². The molecule has 0 atom stereocenters. The molecule has 5 heteroatoms. The molecule has 0 amide bonds. The number of para-hydroxylation sites is 2. The molecule has 3 aromatic rings. The van der Waals surface area contributed by atoms with E-state index < -0.39 is 0 Å². The van der Waals surface area contributed by atoms with Gasteiger partial charge in [-0.05, 0) is 35.7 Å². The predicted octanol–water partition coefficient (Wildman–Crippen LogP) is 3.26. The first-order valence-corrected chi connectivity index (χ1v) is 6.51. The maximum Gasteiger partial charge on any atom is 0.223 e. The van der Waals surface area contributed by atoms with Gasteiger partial charge in [0.05, 0.1) is 0 Å². The Hall–Kier alpha value is -2.38. The summed E-state index contributed by atoms with van der Waals surface area (Å²) >= 11 is 5.68. The number of rotatable bonds is 2. The first kappa shape index (κ1) is 12.6. The largest absolute Gasteiger partial charge is 0.441 e. The van der Waals surface area contributed by atoms with Crippen LogP contribution in [0.2, 0.25) is 5.28 Å². The smallest absolute Gasteiger partial charge is 0.223 e. The number of aromatic nitrogens is 3. The molecular weight excluding hydrogens is 274 g/mol. The molecule has 0 aliphatic heterocycles. The molecule has 0 spiro atoms. The Bertz CT molecular complexity index is 768. The average molecular weight is 284 g/mol. The number of hydrogen-bond acceptors (Lipinski definition) is 4. The Kier molecular flexibility index (Phi) is 3.62. The first-order chi connectivity index (χ1) is 9.81. The number of halogens is 1. The number of hydrogen-bond donors (Lipinski definition) is 0. The molecule has 2 heterocycles. The summed E-state index contributed by atoms with van der Waals surface area (Å²) in [5.41, 5.74) is 2.29. The maximum absolute atomic E-state index is 5.68. The van der Waals surface area contributed by atoms with E-state index in [0.717, 1.165) is 11.1 Å². The maximum atomic E-state index is 5.68. The number of fused-ring (bicyclic) bond motifs is 1. The van der Waals surface area contributed by atoms with Crippen molar-refractivity contribution in [3.05, 3.63) is 53.4 Å². The van der Waals surface area contributed by atoms with Crippen LogP contribution in [0, 0.1) is 11.8 Å². The molecule has 0 saturated heterocycles. The highest BCUT2D eigenvalue weighted by Crippen LogP contribution is 2.15. The minimum absolute atomic E-state index is 0.204. The summed E-state index contributed by atoms with van der Waals surface area (Å²) in [6.45, 7) is 0. The lowest BCUT2D eigenvalue weighted by Gasteiger charge is -1.89. The number of benzene rings is 1. The predicted molar refractivity (Wildman–Crippen MR) is 76.3 cm³/mol. The van der Waals surface area contributed by atoms with E-state index in [1.165, 1.54) is 0 Å². The van der Waals surface area contributed by atoms with Gasteiger partial charge in [0, 0.05) is 19.0 Å². The van der Waals surface area contributed by atoms with E-state index in [1.54, 1.807) is 12.3 Å². The van der Waals surface area contributed by atoms with Gasteiger partial charge in [0.1, 0.15) is 11.2 Å². The molecule has 20 heavy (non-hydrogen) atoms. The molecule has 2 aromatic heterocycles. The zero-order chi connectivity index (χ0) is 13.8. The summed E-state index contributed by atoms with van der Waals surface area (Å²) in [5, 5.41) is 0.204. The fraction of sp³-hybridized carbons (Fsp3) is 0.133. The number of aryl methyl sites for hydroxylation is 1. The molecule has 0 aliphatic carbocycles. The lowest BCUT2D eigenvalue weighted by atomic mass is 10.3. The normalized spacial score (nSPS) is 10.2. The van der Waals surface area contributed by atoms with E-state index >= 15 is 0 Å². The second-order valence-corrected chi connectivity index (χ2v) is 4.43. The minimum Gasteiger partial charge on any atom is -0.441 e. The molecule has 0 fully saturated rings. The Morgan fingerprint density at radius 2 is 2.05 bits per heavy atom. The fourth-order valence-corrected chi connectivity index (χ4v) is 1.90. The van der Waals surface area contributed by atoms with Gasteiger partial charge < -0.3 is 4.42 Å². The number of nitrogens with zero attached hydrogens (tertiary/aromatic N) is 3. The van der Waals surface area contributed by atoms with Crippen molar-refractivity contribution in [3.8, 4) is 11.8 Å². The van der Waals surface area contributed by atoms with Gasteiger partial charge in [-0.3, -0.25) is 0 Å². The molecule has 0 aliphatic rings. The van der Waals surface area contributed by atoms with Crippen molar-refractivity contribution in [3.63, 3.8) is 0 Å². The van der Waals surface area contributed by atoms with E-state index in [2.05, 4.69) is 26.8 Å². The average Bonchev–Trinajstić information content (AvgIpc) is 2.86. The number of oxazole rings is 1. The Balaban J connectivity index is 1.65. The van der Waals surface area contributed by atoms with Gasteiger partial charge in [0.2, 0.25) is 5.28 Å². The summed E-state index contributed by atoms with van der Waals surface area (Å²) in [5.74, 6) is 6.65. The van der Waals surface area contributed by atoms with Crippen LogP contribution in [-0.2, 0) is 6.42 Å². The van der Waals surface area contributed by atoms with Crippen molar-refractivity contribution < 1.29 is 4.42 Å². The van der Waals surface area contributed by atoms with E-state index in [0.29, 0.717) is 24.4 Å². The second kappa shape index (κ2) is 5.72. The van der Waals surface area contributed by atoms with Crippen molar-refractivity contribution in [1.29, 1.82) is 0 Å². The van der Waals surface area contributed by atoms with Gasteiger partial charge in [-0.15, -0.1) is 0 Å². The lowest BCUT2D eigenvalue weighted by Crippen LogP contribution is -1.86. The molecule has 1 aromatic carbocycles. The van der Waals surface area contributed by atoms with Crippen LogP contribution in [-0.4, -0.2) is 15.0 Å². The molecule has 0 N–H and O–H groups in total. The molecule has 0 radical (unpaired) electrons. The van der Waals surface area contributed by atoms with Crippen LogP contribution < -0.4 is 0 Å². The highest BCUT2D eigenvalue weighted by atomic mass is 35.5. The summed E-state index contributed by atoms with van der Waals surface area (Å²) in [7, 11) is 0. The van der Waals surface area contributed by atoms with Crippen LogP contribution in [0.3, 0.4) is 0 Å². The molecule has 0 bridgehead atoms. The van der Waals surface area contributed by atoms with Gasteiger partial charge in [0.15, 0.2) is 11.5 Å². The van der Waals surface area contributed by atoms with Crippen molar-refractivity contribution in [2.45, 2.75) is 12.8 Å². The van der Waals surface area contributed by atoms with Crippen LogP contribution in [0.4, 0.5) is 0 Å². The molecule has 98 valence electrons. The topological polar surface area (TPSA) is 51.8 Å². The van der Waals surface area contributed by atoms with E-state index in [-0.39, 0.29) is 5.28 Å². The SMILES string of the molecule is Clc1nccc(C#CCCc2nc3ccccc3o2)n1. The van der Waals surface area contributed by atoms with Crippen molar-refractivity contribution in [1.82, 2.24) is 15.0 Å². The van der Waals surface area contributed by atoms with E-state index in [9.17, 15) is 0 Å². The highest BCUT2D eigenvalue weighted by Gasteiger charge is 2.03. The van der Waals surface area contributed by atoms with Crippen LogP contribution in [0.25, 0.3) is 11.1 Å². The van der Waals surface area contributed by atoms with Gasteiger partial charge in [-0.2, -0.15) is 0 Å². The van der Waals surface area contributed by atoms with Crippen LogP contribution in [0.5, 0.6) is 0 Å². The minimum atomic E-state index is 0.204. The third-order valence-electron chi connectivity index (χ3n) is 2.64. The van der Waals surface area contributed by atoms with Crippen molar-refractivity contribution >= 4 is 22.7 Å². The zero-order valence-corrected chi connectivity index (χ0v) is 11.3. The monoisotopic (exact) mass is 283 g/mol. The van der Waals surface area contributed by atoms with Gasteiger partial charge >= 0.3 is 0 Å². The van der Waals surface area contributed by atoms with E-state index in [4.69, 9.17) is 16.0 Å². The van der Waals surface area contributed by atoms with Gasteiger partial charge in [-0.1, -0.05) is 18.1 Å². The standard InChI is InChI=1S/C15H10ClN3O/c16-15-17-10-9-11(18-15)5-1-4-8-14-19-12-6-2-3-7-13(12)20-14/h2-3,6-7,9-10H,4,8H2. The summed E-state index contributed by atoms with van der Waals surface area (Å²) in [4.78, 5) is 12.2. The lowest BCUT2D eigenvalue weighted by molar-refractivity contribution is 0.531.